The summed E-state index contributed by atoms with van der Waals surface area (Å²) in [6.45, 7) is -0.375. The van der Waals surface area contributed by atoms with Gasteiger partial charge in [0.2, 0.25) is 19.9 Å². The summed E-state index contributed by atoms with van der Waals surface area (Å²) in [5.74, 6) is -2.30. The molecule has 0 aliphatic carbocycles. The van der Waals surface area contributed by atoms with E-state index in [0.717, 1.165) is 16.4 Å². The Morgan fingerprint density at radius 2 is 1.69 bits per heavy atom. The molecule has 35 heavy (non-hydrogen) atoms. The highest BCUT2D eigenvalue weighted by atomic mass is 35.5. The molecule has 2 aromatic carbocycles. The van der Waals surface area contributed by atoms with Gasteiger partial charge in [-0.05, 0) is 43.0 Å². The number of hydrogen-bond donors (Lipinski definition) is 1. The van der Waals surface area contributed by atoms with Gasteiger partial charge in [-0.1, -0.05) is 23.7 Å². The van der Waals surface area contributed by atoms with Crippen LogP contribution in [0.5, 0.6) is 5.75 Å². The van der Waals surface area contributed by atoms with Gasteiger partial charge in [0.1, 0.15) is 10.6 Å². The first kappa shape index (κ1) is 27.2. The number of halogens is 4. The van der Waals surface area contributed by atoms with Gasteiger partial charge < -0.3 is 10.1 Å². The number of nitrogens with one attached hydrogen (secondary N) is 1. The van der Waals surface area contributed by atoms with E-state index in [1.54, 1.807) is 5.32 Å². The molecule has 0 saturated carbocycles. The Labute approximate surface area is 206 Å². The van der Waals surface area contributed by atoms with Gasteiger partial charge in [0.15, 0.2) is 0 Å². The van der Waals surface area contributed by atoms with Crippen molar-refractivity contribution in [3.05, 3.63) is 47.5 Å². The van der Waals surface area contributed by atoms with Crippen molar-refractivity contribution >= 4 is 37.4 Å². The van der Waals surface area contributed by atoms with Crippen molar-refractivity contribution in [2.45, 2.75) is 33.7 Å². The molecule has 192 valence electrons. The Morgan fingerprint density at radius 3 is 2.26 bits per heavy atom. The zero-order valence-electron chi connectivity index (χ0n) is 18.4. The molecule has 1 aliphatic heterocycles. The quantitative estimate of drug-likeness (QED) is 0.562. The normalized spacial score (nSPS) is 16.1. The van der Waals surface area contributed by atoms with Crippen molar-refractivity contribution in [3.63, 3.8) is 0 Å². The maximum Gasteiger partial charge on any atom is 0.471 e. The van der Waals surface area contributed by atoms with E-state index in [-0.39, 0.29) is 54.1 Å². The average molecular weight is 555 g/mol. The van der Waals surface area contributed by atoms with Crippen LogP contribution in [0.2, 0.25) is 5.02 Å². The van der Waals surface area contributed by atoms with Gasteiger partial charge in [0.25, 0.3) is 0 Å². The second kappa shape index (κ2) is 10.3. The maximum absolute atomic E-state index is 13.4. The number of nitrogens with zero attached hydrogens (tertiary/aromatic N) is 1. The standard InChI is InChI=1S/C21H22ClF3N2O6S2/c1-33-15-6-7-18(19(12-15)34(29,30)17-5-3-2-4-16(17)22)35(31,32)27-10-8-14(9-11-27)13-26-20(28)21(23,24)25/h2-7,12,14H,8-11,13H2,1H3,(H,26,28). The summed E-state index contributed by atoms with van der Waals surface area (Å²) in [6.07, 6.45) is -4.64. The van der Waals surface area contributed by atoms with Gasteiger partial charge in [-0.25, -0.2) is 16.8 Å². The van der Waals surface area contributed by atoms with Crippen LogP contribution >= 0.6 is 11.6 Å². The maximum atomic E-state index is 13.4. The van der Waals surface area contributed by atoms with Crippen molar-refractivity contribution in [2.24, 2.45) is 5.92 Å². The second-order valence-corrected chi connectivity index (χ2v) is 12.0. The Bertz CT molecular complexity index is 1310. The third-order valence-corrected chi connectivity index (χ3v) is 9.95. The molecule has 1 fully saturated rings. The van der Waals surface area contributed by atoms with Crippen LogP contribution in [0.15, 0.2) is 57.2 Å². The van der Waals surface area contributed by atoms with Gasteiger partial charge in [0.05, 0.1) is 21.9 Å². The lowest BCUT2D eigenvalue weighted by Crippen LogP contribution is -2.44. The van der Waals surface area contributed by atoms with E-state index in [9.17, 15) is 34.8 Å². The number of carbonyl (C=O) groups excluding carboxylic acids is 1. The fourth-order valence-corrected chi connectivity index (χ4v) is 7.68. The van der Waals surface area contributed by atoms with Gasteiger partial charge in [0, 0.05) is 25.7 Å². The third kappa shape index (κ3) is 5.90. The molecule has 0 aromatic heterocycles. The molecule has 1 amide bonds. The van der Waals surface area contributed by atoms with Crippen molar-refractivity contribution in [2.75, 3.05) is 26.7 Å². The SMILES string of the molecule is COc1ccc(S(=O)(=O)N2CCC(CNC(=O)C(F)(F)F)CC2)c(S(=O)(=O)c2ccccc2Cl)c1. The molecule has 1 saturated heterocycles. The molecule has 0 radical (unpaired) electrons. The van der Waals surface area contributed by atoms with Crippen LogP contribution in [0.3, 0.4) is 0 Å². The van der Waals surface area contributed by atoms with E-state index in [4.69, 9.17) is 16.3 Å². The Morgan fingerprint density at radius 1 is 1.06 bits per heavy atom. The van der Waals surface area contributed by atoms with Gasteiger partial charge in [-0.2, -0.15) is 17.5 Å². The minimum Gasteiger partial charge on any atom is -0.497 e. The number of sulfone groups is 1. The zero-order chi connectivity index (χ0) is 26.0. The Kier molecular flexibility index (Phi) is 8.04. The fourth-order valence-electron chi connectivity index (χ4n) is 3.65. The van der Waals surface area contributed by atoms with E-state index in [1.807, 2.05) is 0 Å². The second-order valence-electron chi connectivity index (χ2n) is 7.80. The van der Waals surface area contributed by atoms with E-state index < -0.39 is 41.7 Å². The minimum absolute atomic E-state index is 0.0630. The third-order valence-electron chi connectivity index (χ3n) is 5.57. The van der Waals surface area contributed by atoms with Gasteiger partial charge >= 0.3 is 12.1 Å². The van der Waals surface area contributed by atoms with E-state index in [0.29, 0.717) is 0 Å². The summed E-state index contributed by atoms with van der Waals surface area (Å²) in [7, 11) is -7.38. The Hall–Kier alpha value is -2.35. The van der Waals surface area contributed by atoms with Crippen LogP contribution in [-0.2, 0) is 24.7 Å². The predicted molar refractivity (Wildman–Crippen MR) is 120 cm³/mol. The van der Waals surface area contributed by atoms with Gasteiger partial charge in [-0.15, -0.1) is 0 Å². The summed E-state index contributed by atoms with van der Waals surface area (Å²) in [5.41, 5.74) is 0. The highest BCUT2D eigenvalue weighted by molar-refractivity contribution is 7.93. The van der Waals surface area contributed by atoms with Crippen molar-refractivity contribution in [1.29, 1.82) is 0 Å². The van der Waals surface area contributed by atoms with E-state index in [1.165, 1.54) is 37.4 Å². The number of ether oxygens (including phenoxy) is 1. The number of sulfonamides is 1. The predicted octanol–water partition coefficient (Wildman–Crippen LogP) is 3.26. The lowest BCUT2D eigenvalue weighted by atomic mass is 9.98. The number of rotatable bonds is 7. The van der Waals surface area contributed by atoms with Crippen molar-refractivity contribution < 1.29 is 39.5 Å². The van der Waals surface area contributed by atoms with Gasteiger partial charge in [-0.3, -0.25) is 4.79 Å². The van der Waals surface area contributed by atoms with Crippen LogP contribution in [0.4, 0.5) is 13.2 Å². The summed E-state index contributed by atoms with van der Waals surface area (Å²) in [5, 5.41) is 1.72. The fraction of sp³-hybridized carbons (Fsp3) is 0.381. The number of hydrogen-bond acceptors (Lipinski definition) is 6. The first-order valence-electron chi connectivity index (χ1n) is 10.3. The number of methoxy groups -OCH3 is 1. The van der Waals surface area contributed by atoms with Crippen LogP contribution in [0, 0.1) is 5.92 Å². The first-order chi connectivity index (χ1) is 16.3. The lowest BCUT2D eigenvalue weighted by Gasteiger charge is -2.31. The van der Waals surface area contributed by atoms with Crippen molar-refractivity contribution in [1.82, 2.24) is 9.62 Å². The number of benzene rings is 2. The molecule has 14 heteroatoms. The number of carbonyl (C=O) groups is 1. The van der Waals surface area contributed by atoms with Crippen LogP contribution in [-0.4, -0.2) is 60.0 Å². The molecule has 1 aliphatic rings. The van der Waals surface area contributed by atoms with Crippen LogP contribution < -0.4 is 10.1 Å². The summed E-state index contributed by atoms with van der Waals surface area (Å²) in [4.78, 5) is 9.77. The number of alkyl halides is 3. The van der Waals surface area contributed by atoms with E-state index in [2.05, 4.69) is 0 Å². The molecular formula is C21H22ClF3N2O6S2. The number of amides is 1. The van der Waals surface area contributed by atoms with E-state index >= 15 is 0 Å². The van der Waals surface area contributed by atoms with Crippen LogP contribution in [0.25, 0.3) is 0 Å². The molecule has 0 spiro atoms. The molecule has 1 heterocycles. The summed E-state index contributed by atoms with van der Waals surface area (Å²) >= 11 is 6.07. The smallest absolute Gasteiger partial charge is 0.471 e. The summed E-state index contributed by atoms with van der Waals surface area (Å²) in [6, 6.07) is 9.16. The first-order valence-corrected chi connectivity index (χ1v) is 13.6. The van der Waals surface area contributed by atoms with Crippen molar-refractivity contribution in [3.8, 4) is 5.75 Å². The monoisotopic (exact) mass is 554 g/mol. The molecule has 0 unspecified atom stereocenters. The molecule has 0 atom stereocenters. The lowest BCUT2D eigenvalue weighted by molar-refractivity contribution is -0.173. The topological polar surface area (TPSA) is 110 Å². The average Bonchev–Trinajstić information content (AvgIpc) is 2.81. The Balaban J connectivity index is 1.88. The number of piperidine rings is 1. The highest BCUT2D eigenvalue weighted by Crippen LogP contribution is 2.35. The molecule has 2 aromatic rings. The highest BCUT2D eigenvalue weighted by Gasteiger charge is 2.39. The largest absolute Gasteiger partial charge is 0.497 e. The minimum atomic E-state index is -5.00. The zero-order valence-corrected chi connectivity index (χ0v) is 20.8. The molecule has 1 N–H and O–H groups in total. The molecule has 0 bridgehead atoms. The molecular weight excluding hydrogens is 533 g/mol. The van der Waals surface area contributed by atoms with Crippen LogP contribution in [0.1, 0.15) is 12.8 Å². The molecule has 3 rings (SSSR count). The summed E-state index contributed by atoms with van der Waals surface area (Å²) < 4.78 is 97.0. The molecule has 8 nitrogen and oxygen atoms in total.